The molecule has 0 aliphatic carbocycles. The average Bonchev–Trinajstić information content (AvgIpc) is 3.18. The number of rotatable bonds is 4. The largest absolute Gasteiger partial charge is 0.475 e. The van der Waals surface area contributed by atoms with Gasteiger partial charge in [0.05, 0.1) is 39.6 Å². The molecule has 0 bridgehead atoms. The van der Waals surface area contributed by atoms with Crippen molar-refractivity contribution in [2.75, 3.05) is 39.6 Å². The molecule has 4 aliphatic rings. The number of fused-ring (bicyclic) bond motifs is 1. The fourth-order valence-electron chi connectivity index (χ4n) is 3.24. The first-order chi connectivity index (χ1) is 13.0. The molecule has 4 atom stereocenters. The van der Waals surface area contributed by atoms with Gasteiger partial charge in [0.2, 0.25) is 0 Å². The van der Waals surface area contributed by atoms with Gasteiger partial charge in [0.1, 0.15) is 24.4 Å². The van der Waals surface area contributed by atoms with Crippen LogP contribution in [0.5, 0.6) is 0 Å². The third kappa shape index (κ3) is 4.57. The van der Waals surface area contributed by atoms with E-state index in [0.29, 0.717) is 0 Å². The predicted molar refractivity (Wildman–Crippen MR) is 95.8 cm³/mol. The molecule has 162 valence electrons. The fraction of sp³-hybridized carbons (Fsp3) is 1.00. The van der Waals surface area contributed by atoms with Crippen molar-refractivity contribution in [2.45, 2.75) is 52.1 Å². The van der Waals surface area contributed by atoms with Gasteiger partial charge in [0.25, 0.3) is 0 Å². The Morgan fingerprint density at radius 1 is 0.679 bits per heavy atom. The Kier molecular flexibility index (Phi) is 5.63. The lowest BCUT2D eigenvalue weighted by Gasteiger charge is -2.34. The normalized spacial score (nSPS) is 40.9. The van der Waals surface area contributed by atoms with Crippen LogP contribution in [0.4, 0.5) is 0 Å². The van der Waals surface area contributed by atoms with Gasteiger partial charge in [-0.3, -0.25) is 27.1 Å². The summed E-state index contributed by atoms with van der Waals surface area (Å²) in [6.45, 7) is 9.15. The van der Waals surface area contributed by atoms with Crippen LogP contribution in [0.3, 0.4) is 0 Å². The highest BCUT2D eigenvalue weighted by atomic mass is 31.2. The number of hydrogen-bond donors (Lipinski definition) is 0. The summed E-state index contributed by atoms with van der Waals surface area (Å²) < 4.78 is 69.5. The molecule has 0 aromatic rings. The van der Waals surface area contributed by atoms with E-state index in [4.69, 9.17) is 36.6 Å². The molecule has 4 rings (SSSR count). The molecule has 0 amide bonds. The second kappa shape index (κ2) is 7.38. The zero-order valence-electron chi connectivity index (χ0n) is 16.5. The van der Waals surface area contributed by atoms with Crippen LogP contribution >= 0.6 is 15.6 Å². The van der Waals surface area contributed by atoms with E-state index in [1.807, 2.05) is 27.7 Å². The molecule has 4 saturated heterocycles. The second-order valence-corrected chi connectivity index (χ2v) is 12.4. The summed E-state index contributed by atoms with van der Waals surface area (Å²) in [5.74, 6) is 0. The van der Waals surface area contributed by atoms with Crippen molar-refractivity contribution in [1.29, 1.82) is 0 Å². The van der Waals surface area contributed by atoms with E-state index in [0.717, 1.165) is 0 Å². The number of phosphoric ester groups is 2. The summed E-state index contributed by atoms with van der Waals surface area (Å²) in [7, 11) is -7.36. The van der Waals surface area contributed by atoms with Gasteiger partial charge in [-0.05, 0) is 0 Å². The first-order valence-corrected chi connectivity index (χ1v) is 12.3. The molecule has 28 heavy (non-hydrogen) atoms. The van der Waals surface area contributed by atoms with Crippen LogP contribution in [0.25, 0.3) is 0 Å². The van der Waals surface area contributed by atoms with Crippen molar-refractivity contribution in [3.63, 3.8) is 0 Å². The van der Waals surface area contributed by atoms with E-state index in [-0.39, 0.29) is 50.5 Å². The smallest absolute Gasteiger partial charge is 0.370 e. The topological polar surface area (TPSA) is 108 Å². The van der Waals surface area contributed by atoms with Crippen molar-refractivity contribution < 1.29 is 45.7 Å². The molecule has 4 fully saturated rings. The number of ether oxygens (including phenoxy) is 2. The van der Waals surface area contributed by atoms with E-state index in [1.54, 1.807) is 0 Å². The number of phosphoric acid groups is 2. The molecule has 12 heteroatoms. The standard InChI is InChI=1S/C16H28O10P2/c1-15(2)7-21-27(17,22-8-15)25-11-5-19-14-12(6-20-13(11)14)26-28(18)23-9-16(3,4)10-24-28/h11-14H,5-10H2,1-4H3. The minimum atomic E-state index is -3.68. The maximum Gasteiger partial charge on any atom is 0.475 e. The zero-order chi connectivity index (χ0) is 20.2. The zero-order valence-corrected chi connectivity index (χ0v) is 18.3. The molecule has 0 aromatic heterocycles. The van der Waals surface area contributed by atoms with Crippen molar-refractivity contribution in [3.8, 4) is 0 Å². The van der Waals surface area contributed by atoms with Crippen molar-refractivity contribution in [2.24, 2.45) is 10.8 Å². The van der Waals surface area contributed by atoms with Crippen LogP contribution in [0.2, 0.25) is 0 Å². The van der Waals surface area contributed by atoms with Crippen LogP contribution in [0.1, 0.15) is 27.7 Å². The minimum absolute atomic E-state index is 0.133. The Hall–Kier alpha value is 0.140. The van der Waals surface area contributed by atoms with Gasteiger partial charge in [0.15, 0.2) is 0 Å². The summed E-state index contributed by atoms with van der Waals surface area (Å²) in [6, 6.07) is 0. The second-order valence-electron chi connectivity index (χ2n) is 9.20. The van der Waals surface area contributed by atoms with Crippen molar-refractivity contribution >= 4 is 15.6 Å². The first-order valence-electron chi connectivity index (χ1n) is 9.37. The Bertz CT molecular complexity index is 609. The lowest BCUT2D eigenvalue weighted by atomic mass is 9.97. The monoisotopic (exact) mass is 442 g/mol. The molecule has 10 nitrogen and oxygen atoms in total. The number of hydrogen-bond acceptors (Lipinski definition) is 10. The van der Waals surface area contributed by atoms with E-state index in [2.05, 4.69) is 0 Å². The Morgan fingerprint density at radius 3 is 1.32 bits per heavy atom. The Balaban J connectivity index is 1.34. The molecule has 0 radical (unpaired) electrons. The summed E-state index contributed by atoms with van der Waals surface area (Å²) in [6.07, 6.45) is -2.35. The van der Waals surface area contributed by atoms with E-state index >= 15 is 0 Å². The molecule has 4 unspecified atom stereocenters. The highest BCUT2D eigenvalue weighted by Gasteiger charge is 2.54. The van der Waals surface area contributed by atoms with Crippen LogP contribution in [-0.2, 0) is 45.7 Å². The van der Waals surface area contributed by atoms with Gasteiger partial charge in [0, 0.05) is 10.8 Å². The van der Waals surface area contributed by atoms with E-state index in [9.17, 15) is 9.13 Å². The van der Waals surface area contributed by atoms with Gasteiger partial charge in [-0.1, -0.05) is 27.7 Å². The molecule has 0 aromatic carbocycles. The highest BCUT2D eigenvalue weighted by molar-refractivity contribution is 7.48. The Morgan fingerprint density at radius 2 is 1.00 bits per heavy atom. The van der Waals surface area contributed by atoms with Crippen molar-refractivity contribution in [3.05, 3.63) is 0 Å². The predicted octanol–water partition coefficient (Wildman–Crippen LogP) is 2.92. The Labute approximate surface area is 164 Å². The average molecular weight is 442 g/mol. The molecule has 4 aliphatic heterocycles. The first kappa shape index (κ1) is 21.4. The van der Waals surface area contributed by atoms with Crippen LogP contribution in [0, 0.1) is 10.8 Å². The van der Waals surface area contributed by atoms with E-state index < -0.39 is 40.1 Å². The molecule has 4 heterocycles. The molecular weight excluding hydrogens is 414 g/mol. The van der Waals surface area contributed by atoms with E-state index in [1.165, 1.54) is 0 Å². The summed E-state index contributed by atoms with van der Waals surface area (Å²) in [5, 5.41) is 0. The quantitative estimate of drug-likeness (QED) is 0.603. The maximum absolute atomic E-state index is 12.7. The van der Waals surface area contributed by atoms with Gasteiger partial charge in [-0.25, -0.2) is 9.13 Å². The van der Waals surface area contributed by atoms with Gasteiger partial charge < -0.3 is 9.47 Å². The van der Waals surface area contributed by atoms with Gasteiger partial charge in [-0.2, -0.15) is 0 Å². The summed E-state index contributed by atoms with van der Waals surface area (Å²) in [5.41, 5.74) is -0.453. The summed E-state index contributed by atoms with van der Waals surface area (Å²) in [4.78, 5) is 0. The van der Waals surface area contributed by atoms with Crippen LogP contribution in [-0.4, -0.2) is 64.1 Å². The summed E-state index contributed by atoms with van der Waals surface area (Å²) >= 11 is 0. The molecular formula is C16H28O10P2. The highest BCUT2D eigenvalue weighted by Crippen LogP contribution is 2.58. The SMILES string of the molecule is CC1(C)COP(=O)(OC2COC3C(OP4(=O)OCC(C)(C)CO4)COC23)OC1. The third-order valence-corrected chi connectivity index (χ3v) is 7.78. The lowest BCUT2D eigenvalue weighted by molar-refractivity contribution is -0.0456. The molecule has 0 saturated carbocycles. The fourth-order valence-corrected chi connectivity index (χ4v) is 6.68. The molecule has 0 spiro atoms. The molecule has 0 N–H and O–H groups in total. The van der Waals surface area contributed by atoms with Crippen molar-refractivity contribution in [1.82, 2.24) is 0 Å². The lowest BCUT2D eigenvalue weighted by Crippen LogP contribution is -2.36. The van der Waals surface area contributed by atoms with Crippen LogP contribution < -0.4 is 0 Å². The van der Waals surface area contributed by atoms with Gasteiger partial charge in [-0.15, -0.1) is 0 Å². The van der Waals surface area contributed by atoms with Gasteiger partial charge >= 0.3 is 15.6 Å². The maximum atomic E-state index is 12.7. The van der Waals surface area contributed by atoms with Crippen LogP contribution in [0.15, 0.2) is 0 Å². The minimum Gasteiger partial charge on any atom is -0.370 e. The third-order valence-electron chi connectivity index (χ3n) is 4.95.